The Bertz CT molecular complexity index is 4010. The lowest BCUT2D eigenvalue weighted by atomic mass is 9.89. The third kappa shape index (κ3) is 9.39. The van der Waals surface area contributed by atoms with Crippen LogP contribution in [0, 0.1) is 12.8 Å². The Kier molecular flexibility index (Phi) is 13.3. The molecule has 2 amide bonds. The zero-order valence-electron chi connectivity index (χ0n) is 46.5. The summed E-state index contributed by atoms with van der Waals surface area (Å²) in [7, 11) is 0. The number of aromatic nitrogens is 9. The first-order chi connectivity index (χ1) is 39.9. The molecular formula is C62H67N13O7. The number of likely N-dealkylation sites (tertiary alicyclic amines) is 1. The Balaban J connectivity index is 0.784. The van der Waals surface area contributed by atoms with Gasteiger partial charge in [-0.05, 0) is 103 Å². The lowest BCUT2D eigenvalue weighted by molar-refractivity contribution is -0.142. The number of aromatic amines is 2. The normalized spacial score (nSPS) is 20.6. The molecule has 2 bridgehead atoms. The molecule has 0 radical (unpaired) electrons. The molecule has 82 heavy (non-hydrogen) atoms. The molecule has 1 saturated carbocycles. The summed E-state index contributed by atoms with van der Waals surface area (Å²) in [5, 5.41) is 37.7. The molecule has 5 atom stereocenters. The van der Waals surface area contributed by atoms with Gasteiger partial charge in [0.1, 0.15) is 36.1 Å². The van der Waals surface area contributed by atoms with E-state index < -0.39 is 23.7 Å². The Morgan fingerprint density at radius 3 is 2.49 bits per heavy atom. The van der Waals surface area contributed by atoms with Gasteiger partial charge in [-0.2, -0.15) is 25.3 Å². The highest BCUT2D eigenvalue weighted by atomic mass is 16.5. The third-order valence-electron chi connectivity index (χ3n) is 17.5. The average Bonchev–Trinajstić information content (AvgIpc) is 3.61. The summed E-state index contributed by atoms with van der Waals surface area (Å²) in [5.41, 5.74) is 9.98. The van der Waals surface area contributed by atoms with E-state index >= 15 is 0 Å². The lowest BCUT2D eigenvalue weighted by Crippen LogP contribution is -2.49. The van der Waals surface area contributed by atoms with Gasteiger partial charge in [-0.3, -0.25) is 28.8 Å². The van der Waals surface area contributed by atoms with E-state index in [2.05, 4.69) is 60.9 Å². The molecule has 2 unspecified atom stereocenters. The SMILES string of the molecule is CCn1nccc1-c1ccc(CNC(=O)[C@@H]2C[C@@H](O)CN2C(=O)[C@H](C(C)C)n2cc3c(n2)c(=O)[nH]c2cc(COc4c(-c5c(C)ccc6[nH]ncc56)c(C5CC5)cc5c(N6CC7CC6CN7)nc(OC6CCOCC6)nc45)ccc23)cc1. The molecule has 0 spiro atoms. The number of piperazine rings is 1. The van der Waals surface area contributed by atoms with E-state index in [1.807, 2.05) is 80.2 Å². The number of hydrogen-bond donors (Lipinski definition) is 5. The van der Waals surface area contributed by atoms with Gasteiger partial charge in [0.25, 0.3) is 5.56 Å². The maximum Gasteiger partial charge on any atom is 0.319 e. The van der Waals surface area contributed by atoms with Gasteiger partial charge < -0.3 is 44.7 Å². The van der Waals surface area contributed by atoms with Crippen molar-refractivity contribution in [1.29, 1.82) is 0 Å². The molecule has 20 heteroatoms. The van der Waals surface area contributed by atoms with Gasteiger partial charge in [-0.15, -0.1) is 0 Å². The number of anilines is 1. The molecule has 14 rings (SSSR count). The smallest absolute Gasteiger partial charge is 0.319 e. The maximum absolute atomic E-state index is 14.8. The molecule has 5 fully saturated rings. The standard InChI is InChI=1S/C62H67N13O7/c1-5-74-50(16-19-66-74)38-10-7-35(8-11-38)26-64-59(77)51-24-41(76)30-73(51)61(79)56(33(2)3)75-31-47-43-14-9-36(22-49(43)67-60(78)55(47)71-75)32-81-57-53(52-34(4)6-15-48-46(52)28-65-70-48)44(37-12-13-37)25-45-54(57)68-62(82-42-17-20-80-21-18-42)69-58(45)72-29-39-23-40(72)27-63-39/h6-11,14-16,19,22,25,28,31,33,37,39-42,51,56,63,76H,5,12-13,17-18,20-21,23-24,26-27,29-30,32H2,1-4H3,(H,64,77)(H,65,70)(H,67,78)/t39?,40?,41-,51+,56+/m1/s1. The molecule has 4 saturated heterocycles. The molecule has 5 aromatic heterocycles. The Morgan fingerprint density at radius 2 is 1.72 bits per heavy atom. The summed E-state index contributed by atoms with van der Waals surface area (Å²) in [6, 6.07) is 21.5. The van der Waals surface area contributed by atoms with E-state index in [4.69, 9.17) is 29.3 Å². The van der Waals surface area contributed by atoms with E-state index in [1.54, 1.807) is 17.1 Å². The molecule has 4 aliphatic heterocycles. The van der Waals surface area contributed by atoms with Crippen molar-refractivity contribution >= 4 is 61.2 Å². The fourth-order valence-corrected chi connectivity index (χ4v) is 13.2. The second-order valence-electron chi connectivity index (χ2n) is 23.4. The highest BCUT2D eigenvalue weighted by Crippen LogP contribution is 2.53. The summed E-state index contributed by atoms with van der Waals surface area (Å²) < 4.78 is 23.2. The van der Waals surface area contributed by atoms with Gasteiger partial charge in [0, 0.05) is 109 Å². The zero-order chi connectivity index (χ0) is 55.9. The number of nitrogens with zero attached hydrogens (tertiary/aromatic N) is 9. The molecular weight excluding hydrogens is 1040 g/mol. The molecule has 9 heterocycles. The van der Waals surface area contributed by atoms with E-state index in [0.717, 1.165) is 118 Å². The minimum atomic E-state index is -0.898. The maximum atomic E-state index is 14.8. The van der Waals surface area contributed by atoms with Gasteiger partial charge in [-0.1, -0.05) is 56.3 Å². The number of carbonyl (C=O) groups excluding carboxylic acids is 2. The number of fused-ring (bicyclic) bond motifs is 7. The first-order valence-electron chi connectivity index (χ1n) is 29.0. The van der Waals surface area contributed by atoms with Crippen LogP contribution in [0.25, 0.3) is 66.0 Å². The number of hydrogen-bond acceptors (Lipinski definition) is 14. The van der Waals surface area contributed by atoms with Crippen molar-refractivity contribution in [3.8, 4) is 34.1 Å². The van der Waals surface area contributed by atoms with Crippen LogP contribution in [0.15, 0.2) is 90.1 Å². The average molecular weight is 1110 g/mol. The molecule has 9 aromatic rings. The van der Waals surface area contributed by atoms with Crippen LogP contribution in [0.3, 0.4) is 0 Å². The summed E-state index contributed by atoms with van der Waals surface area (Å²) in [6.07, 6.45) is 9.19. The van der Waals surface area contributed by atoms with E-state index in [0.29, 0.717) is 59.4 Å². The minimum Gasteiger partial charge on any atom is -0.486 e. The number of benzene rings is 4. The quantitative estimate of drug-likeness (QED) is 0.0627. The van der Waals surface area contributed by atoms with E-state index in [1.165, 1.54) is 10.5 Å². The lowest BCUT2D eigenvalue weighted by Gasteiger charge is -2.31. The van der Waals surface area contributed by atoms with Crippen molar-refractivity contribution in [3.05, 3.63) is 118 Å². The summed E-state index contributed by atoms with van der Waals surface area (Å²) in [5.74, 6) is 0.807. The minimum absolute atomic E-state index is 0.00766. The van der Waals surface area contributed by atoms with Crippen LogP contribution >= 0.6 is 0 Å². The molecule has 5 N–H and O–H groups in total. The Labute approximate surface area is 472 Å². The number of carbonyl (C=O) groups is 2. The van der Waals surface area contributed by atoms with E-state index in [9.17, 15) is 19.5 Å². The number of nitrogens with one attached hydrogen (secondary N) is 4. The van der Waals surface area contributed by atoms with Crippen molar-refractivity contribution in [2.75, 3.05) is 37.7 Å². The Hall–Kier alpha value is -8.20. The number of aliphatic hydroxyl groups excluding tert-OH is 1. The van der Waals surface area contributed by atoms with Crippen molar-refractivity contribution in [2.24, 2.45) is 5.92 Å². The number of amides is 2. The van der Waals surface area contributed by atoms with Gasteiger partial charge in [0.15, 0.2) is 11.3 Å². The first kappa shape index (κ1) is 51.9. The number of aliphatic hydroxyl groups is 1. The van der Waals surface area contributed by atoms with Crippen molar-refractivity contribution in [2.45, 2.75) is 128 Å². The summed E-state index contributed by atoms with van der Waals surface area (Å²) in [6.45, 7) is 12.1. The first-order valence-corrected chi connectivity index (χ1v) is 29.0. The number of H-pyrrole nitrogens is 2. The zero-order valence-corrected chi connectivity index (χ0v) is 46.5. The molecule has 5 aliphatic rings. The predicted octanol–water partition coefficient (Wildman–Crippen LogP) is 7.60. The van der Waals surface area contributed by atoms with Crippen LogP contribution in [0.2, 0.25) is 0 Å². The summed E-state index contributed by atoms with van der Waals surface area (Å²) in [4.78, 5) is 60.4. The van der Waals surface area contributed by atoms with Crippen LogP contribution in [0.5, 0.6) is 11.8 Å². The molecule has 4 aromatic carbocycles. The van der Waals surface area contributed by atoms with Crippen LogP contribution in [-0.4, -0.2) is 130 Å². The largest absolute Gasteiger partial charge is 0.486 e. The second-order valence-corrected chi connectivity index (χ2v) is 23.4. The van der Waals surface area contributed by atoms with Crippen molar-refractivity contribution in [1.82, 2.24) is 60.2 Å². The highest BCUT2D eigenvalue weighted by Gasteiger charge is 2.44. The van der Waals surface area contributed by atoms with E-state index in [-0.39, 0.29) is 55.5 Å². The third-order valence-corrected chi connectivity index (χ3v) is 17.5. The van der Waals surface area contributed by atoms with Crippen LogP contribution < -0.4 is 30.6 Å². The van der Waals surface area contributed by atoms with Gasteiger partial charge in [0.2, 0.25) is 11.8 Å². The number of pyridine rings is 1. The van der Waals surface area contributed by atoms with Gasteiger partial charge in [0.05, 0.1) is 36.7 Å². The molecule has 1 aliphatic carbocycles. The number of aryl methyl sites for hydroxylation is 2. The second kappa shape index (κ2) is 21.0. The summed E-state index contributed by atoms with van der Waals surface area (Å²) >= 11 is 0. The van der Waals surface area contributed by atoms with Gasteiger partial charge in [-0.25, -0.2) is 0 Å². The fraction of sp³-hybridized carbons (Fsp3) is 0.419. The van der Waals surface area contributed by atoms with Crippen LogP contribution in [-0.2, 0) is 34.0 Å². The highest BCUT2D eigenvalue weighted by molar-refractivity contribution is 6.07. The number of rotatable bonds is 16. The number of β-amino-alcohol motifs (C(OH)–C–C–N with tert-alkyl or cyclic N) is 1. The topological polar surface area (TPSA) is 236 Å². The van der Waals surface area contributed by atoms with Gasteiger partial charge >= 0.3 is 6.01 Å². The predicted molar refractivity (Wildman–Crippen MR) is 311 cm³/mol. The van der Waals surface area contributed by atoms with Crippen molar-refractivity contribution < 1.29 is 28.9 Å². The van der Waals surface area contributed by atoms with Crippen molar-refractivity contribution in [3.63, 3.8) is 0 Å². The fourth-order valence-electron chi connectivity index (χ4n) is 13.2. The monoisotopic (exact) mass is 1110 g/mol. The molecule has 20 nitrogen and oxygen atoms in total. The number of ether oxygens (including phenoxy) is 3. The van der Waals surface area contributed by atoms with Crippen LogP contribution in [0.4, 0.5) is 5.82 Å². The Morgan fingerprint density at radius 1 is 0.890 bits per heavy atom. The van der Waals surface area contributed by atoms with Crippen LogP contribution in [0.1, 0.15) is 93.5 Å². The molecule has 422 valence electrons.